The van der Waals surface area contributed by atoms with E-state index >= 15 is 0 Å². The third-order valence-corrected chi connectivity index (χ3v) is 8.95. The quantitative estimate of drug-likeness (QED) is 0.232. The van der Waals surface area contributed by atoms with Gasteiger partial charge in [-0.05, 0) is 83.2 Å². The number of rotatable bonds is 4. The molecule has 0 saturated heterocycles. The van der Waals surface area contributed by atoms with Crippen LogP contribution in [0.3, 0.4) is 0 Å². The highest BCUT2D eigenvalue weighted by Crippen LogP contribution is 2.42. The molecule has 0 atom stereocenters. The maximum absolute atomic E-state index is 6.55. The average molecular weight is 518 g/mol. The number of aryl methyl sites for hydroxylation is 2. The van der Waals surface area contributed by atoms with Crippen molar-refractivity contribution < 1.29 is 4.42 Å². The first-order chi connectivity index (χ1) is 18.1. The normalized spacial score (nSPS) is 12.4. The first kappa shape index (κ1) is 24.9. The van der Waals surface area contributed by atoms with Gasteiger partial charge in [0.05, 0.1) is 11.1 Å². The van der Waals surface area contributed by atoms with Crippen molar-refractivity contribution in [3.05, 3.63) is 88.4 Å². The maximum atomic E-state index is 6.55. The van der Waals surface area contributed by atoms with E-state index < -0.39 is 0 Å². The predicted octanol–water partition coefficient (Wildman–Crippen LogP) is 10.6. The molecule has 3 aromatic heterocycles. The SMILES string of the molecule is Cc1c(CC(C)C)sc2cc(-c3oc4ccnc(-c5cc(C(C)(C)C)c6ccccc6c5)c4c3C)ccc12. The number of thiophene rings is 1. The fraction of sp³-hybridized carbons (Fsp3) is 0.286. The number of hydrogen-bond donors (Lipinski definition) is 0. The average Bonchev–Trinajstić information content (AvgIpc) is 3.38. The molecule has 6 aromatic rings. The molecule has 0 amide bonds. The maximum Gasteiger partial charge on any atom is 0.138 e. The summed E-state index contributed by atoms with van der Waals surface area (Å²) in [5.74, 6) is 1.59. The Morgan fingerprint density at radius 3 is 2.42 bits per heavy atom. The molecule has 0 aliphatic heterocycles. The Bertz CT molecular complexity index is 1830. The highest BCUT2D eigenvalue weighted by Gasteiger charge is 2.22. The monoisotopic (exact) mass is 517 g/mol. The smallest absolute Gasteiger partial charge is 0.138 e. The zero-order valence-electron chi connectivity index (χ0n) is 23.4. The van der Waals surface area contributed by atoms with Crippen molar-refractivity contribution in [2.45, 2.75) is 60.3 Å². The molecule has 0 N–H and O–H groups in total. The summed E-state index contributed by atoms with van der Waals surface area (Å²) in [6, 6.07) is 22.1. The summed E-state index contributed by atoms with van der Waals surface area (Å²) in [6.07, 6.45) is 3.00. The molecular weight excluding hydrogens is 482 g/mol. The van der Waals surface area contributed by atoms with Crippen LogP contribution in [0.4, 0.5) is 0 Å². The van der Waals surface area contributed by atoms with Crippen LogP contribution in [0.2, 0.25) is 0 Å². The van der Waals surface area contributed by atoms with Crippen LogP contribution in [0.15, 0.2) is 71.3 Å². The zero-order chi connectivity index (χ0) is 26.8. The molecule has 192 valence electrons. The Morgan fingerprint density at radius 2 is 1.66 bits per heavy atom. The molecule has 3 heterocycles. The lowest BCUT2D eigenvalue weighted by atomic mass is 9.82. The summed E-state index contributed by atoms with van der Waals surface area (Å²) in [7, 11) is 0. The van der Waals surface area contributed by atoms with Crippen LogP contribution >= 0.6 is 11.3 Å². The van der Waals surface area contributed by atoms with Gasteiger partial charge in [0, 0.05) is 32.5 Å². The molecule has 3 heteroatoms. The molecule has 0 aliphatic rings. The second kappa shape index (κ2) is 9.10. The van der Waals surface area contributed by atoms with Gasteiger partial charge in [-0.2, -0.15) is 0 Å². The number of fused-ring (bicyclic) bond motifs is 3. The Balaban J connectivity index is 1.53. The largest absolute Gasteiger partial charge is 0.456 e. The van der Waals surface area contributed by atoms with Crippen molar-refractivity contribution in [2.24, 2.45) is 5.92 Å². The van der Waals surface area contributed by atoms with E-state index in [9.17, 15) is 0 Å². The fourth-order valence-electron chi connectivity index (χ4n) is 5.74. The van der Waals surface area contributed by atoms with E-state index in [4.69, 9.17) is 9.40 Å². The minimum atomic E-state index is 0.0166. The van der Waals surface area contributed by atoms with Crippen LogP contribution in [0.1, 0.15) is 56.2 Å². The summed E-state index contributed by atoms with van der Waals surface area (Å²) in [5, 5.41) is 5.00. The lowest BCUT2D eigenvalue weighted by Gasteiger charge is -2.22. The minimum absolute atomic E-state index is 0.0166. The lowest BCUT2D eigenvalue weighted by molar-refractivity contribution is 0.596. The van der Waals surface area contributed by atoms with E-state index in [1.165, 1.54) is 36.9 Å². The van der Waals surface area contributed by atoms with Crippen molar-refractivity contribution in [2.75, 3.05) is 0 Å². The zero-order valence-corrected chi connectivity index (χ0v) is 24.2. The summed E-state index contributed by atoms with van der Waals surface area (Å²) in [6.45, 7) is 15.9. The summed E-state index contributed by atoms with van der Waals surface area (Å²) in [4.78, 5) is 6.40. The van der Waals surface area contributed by atoms with Gasteiger partial charge in [-0.3, -0.25) is 4.98 Å². The van der Waals surface area contributed by atoms with Crippen LogP contribution in [0.5, 0.6) is 0 Å². The van der Waals surface area contributed by atoms with Gasteiger partial charge in [0.2, 0.25) is 0 Å². The predicted molar refractivity (Wildman–Crippen MR) is 164 cm³/mol. The molecule has 38 heavy (non-hydrogen) atoms. The molecule has 3 aromatic carbocycles. The molecule has 0 fully saturated rings. The Morgan fingerprint density at radius 1 is 0.868 bits per heavy atom. The van der Waals surface area contributed by atoms with E-state index in [-0.39, 0.29) is 5.41 Å². The van der Waals surface area contributed by atoms with Crippen molar-refractivity contribution in [3.63, 3.8) is 0 Å². The highest BCUT2D eigenvalue weighted by molar-refractivity contribution is 7.19. The van der Waals surface area contributed by atoms with Gasteiger partial charge in [-0.25, -0.2) is 0 Å². The van der Waals surface area contributed by atoms with Gasteiger partial charge in [-0.15, -0.1) is 11.3 Å². The molecule has 0 unspecified atom stereocenters. The molecule has 0 saturated carbocycles. The Labute approximate surface area is 229 Å². The number of nitrogens with zero attached hydrogens (tertiary/aromatic N) is 1. The number of hydrogen-bond acceptors (Lipinski definition) is 3. The molecular formula is C35H35NOS. The van der Waals surface area contributed by atoms with Crippen molar-refractivity contribution in [3.8, 4) is 22.6 Å². The number of pyridine rings is 1. The lowest BCUT2D eigenvalue weighted by Crippen LogP contribution is -2.12. The van der Waals surface area contributed by atoms with E-state index in [0.717, 1.165) is 45.5 Å². The second-order valence-electron chi connectivity index (χ2n) is 12.0. The van der Waals surface area contributed by atoms with Gasteiger partial charge < -0.3 is 4.42 Å². The summed E-state index contributed by atoms with van der Waals surface area (Å²) >= 11 is 1.92. The van der Waals surface area contributed by atoms with Crippen molar-refractivity contribution >= 4 is 43.2 Å². The summed E-state index contributed by atoms with van der Waals surface area (Å²) in [5.41, 5.74) is 8.05. The van der Waals surface area contributed by atoms with E-state index in [2.05, 4.69) is 103 Å². The third kappa shape index (κ3) is 4.14. The van der Waals surface area contributed by atoms with Gasteiger partial charge in [0.1, 0.15) is 11.3 Å². The minimum Gasteiger partial charge on any atom is -0.456 e. The van der Waals surface area contributed by atoms with Gasteiger partial charge in [0.15, 0.2) is 0 Å². The molecule has 0 aliphatic carbocycles. The van der Waals surface area contributed by atoms with Crippen LogP contribution in [0.25, 0.3) is 54.4 Å². The summed E-state index contributed by atoms with van der Waals surface area (Å²) < 4.78 is 7.88. The van der Waals surface area contributed by atoms with E-state index in [1.54, 1.807) is 0 Å². The van der Waals surface area contributed by atoms with Crippen LogP contribution in [0, 0.1) is 19.8 Å². The molecule has 0 bridgehead atoms. The molecule has 6 rings (SSSR count). The van der Waals surface area contributed by atoms with Gasteiger partial charge >= 0.3 is 0 Å². The second-order valence-corrected chi connectivity index (χ2v) is 13.2. The van der Waals surface area contributed by atoms with E-state index in [1.807, 2.05) is 23.6 Å². The van der Waals surface area contributed by atoms with Crippen molar-refractivity contribution in [1.82, 2.24) is 4.98 Å². The fourth-order valence-corrected chi connectivity index (χ4v) is 7.20. The standard InChI is InChI=1S/C35H35NOS/c1-20(2)16-30-21(3)26-13-12-24(19-31(26)38-30)34-22(4)32-29(37-34)14-15-36-33(32)25-17-23-10-8-9-11-27(23)28(18-25)35(5,6)7/h8-15,17-20H,16H2,1-7H3. The van der Waals surface area contributed by atoms with Crippen molar-refractivity contribution in [1.29, 1.82) is 0 Å². The first-order valence-electron chi connectivity index (χ1n) is 13.6. The Kier molecular flexibility index (Phi) is 5.96. The third-order valence-electron chi connectivity index (χ3n) is 7.68. The topological polar surface area (TPSA) is 26.0 Å². The Hall–Kier alpha value is -3.43. The van der Waals surface area contributed by atoms with Gasteiger partial charge in [0.25, 0.3) is 0 Å². The number of aromatic nitrogens is 1. The molecule has 0 radical (unpaired) electrons. The van der Waals surface area contributed by atoms with Crippen LogP contribution in [-0.2, 0) is 11.8 Å². The number of benzene rings is 3. The number of furan rings is 1. The van der Waals surface area contributed by atoms with Crippen LogP contribution in [-0.4, -0.2) is 4.98 Å². The van der Waals surface area contributed by atoms with Gasteiger partial charge in [-0.1, -0.05) is 71.0 Å². The van der Waals surface area contributed by atoms with E-state index in [0.29, 0.717) is 5.92 Å². The molecule has 0 spiro atoms. The first-order valence-corrected chi connectivity index (χ1v) is 14.4. The highest BCUT2D eigenvalue weighted by atomic mass is 32.1. The van der Waals surface area contributed by atoms with Crippen LogP contribution < -0.4 is 0 Å². The molecule has 2 nitrogen and oxygen atoms in total.